The largest absolute Gasteiger partial charge is 1.00 e. The van der Waals surface area contributed by atoms with E-state index < -0.39 is 0 Å². The molecule has 6 heavy (non-hydrogen) atoms. The Morgan fingerprint density at radius 3 is 1.83 bits per heavy atom. The Hall–Kier alpha value is 0.650. The molecule has 0 radical (unpaired) electrons. The molecule has 0 saturated carbocycles. The molecule has 0 aromatic carbocycles. The SMILES string of the molecule is OC1C[NH2+]C1.[I-]. The third kappa shape index (κ3) is 1.40. The van der Waals surface area contributed by atoms with Crippen molar-refractivity contribution < 1.29 is 34.4 Å². The van der Waals surface area contributed by atoms with Crippen molar-refractivity contribution in [2.24, 2.45) is 0 Å². The molecular weight excluding hydrogens is 193 g/mol. The Balaban J connectivity index is 0.000000250. The van der Waals surface area contributed by atoms with Gasteiger partial charge in [0, 0.05) is 0 Å². The Labute approximate surface area is 54.0 Å². The number of hydrogen-bond acceptors (Lipinski definition) is 1. The van der Waals surface area contributed by atoms with Gasteiger partial charge in [-0.1, -0.05) is 0 Å². The normalized spacial score (nSPS) is 21.5. The van der Waals surface area contributed by atoms with Gasteiger partial charge in [0.05, 0.1) is 0 Å². The van der Waals surface area contributed by atoms with Gasteiger partial charge in [0.25, 0.3) is 0 Å². The van der Waals surface area contributed by atoms with E-state index in [1.807, 2.05) is 0 Å². The smallest absolute Gasteiger partial charge is 0.151 e. The van der Waals surface area contributed by atoms with E-state index in [4.69, 9.17) is 5.11 Å². The molecule has 1 fully saturated rings. The highest BCUT2D eigenvalue weighted by atomic mass is 127. The summed E-state index contributed by atoms with van der Waals surface area (Å²) in [6.45, 7) is 1.83. The number of rotatable bonds is 0. The maximum atomic E-state index is 8.42. The molecule has 1 saturated heterocycles. The molecule has 0 bridgehead atoms. The minimum absolute atomic E-state index is 0. The van der Waals surface area contributed by atoms with Crippen LogP contribution in [0.5, 0.6) is 0 Å². The number of aliphatic hydroxyl groups excluding tert-OH is 1. The Morgan fingerprint density at radius 1 is 1.50 bits per heavy atom. The van der Waals surface area contributed by atoms with Crippen LogP contribution in [0.3, 0.4) is 0 Å². The van der Waals surface area contributed by atoms with Crippen LogP contribution in [0.2, 0.25) is 0 Å². The van der Waals surface area contributed by atoms with Gasteiger partial charge in [-0.25, -0.2) is 0 Å². The summed E-state index contributed by atoms with van der Waals surface area (Å²) in [7, 11) is 0. The fourth-order valence-corrected chi connectivity index (χ4v) is 0.316. The van der Waals surface area contributed by atoms with Crippen LogP contribution in [0.1, 0.15) is 0 Å². The Morgan fingerprint density at radius 2 is 1.83 bits per heavy atom. The molecule has 1 aliphatic heterocycles. The van der Waals surface area contributed by atoms with Gasteiger partial charge in [-0.05, 0) is 0 Å². The molecule has 38 valence electrons. The summed E-state index contributed by atoms with van der Waals surface area (Å²) in [5.74, 6) is 0. The van der Waals surface area contributed by atoms with Crippen molar-refractivity contribution in [1.29, 1.82) is 0 Å². The van der Waals surface area contributed by atoms with E-state index in [1.165, 1.54) is 0 Å². The van der Waals surface area contributed by atoms with Gasteiger partial charge in [0.15, 0.2) is 6.10 Å². The molecule has 0 amide bonds. The van der Waals surface area contributed by atoms with Crippen molar-refractivity contribution in [3.63, 3.8) is 0 Å². The van der Waals surface area contributed by atoms with Gasteiger partial charge < -0.3 is 34.4 Å². The zero-order chi connectivity index (χ0) is 3.70. The molecule has 0 aromatic rings. The summed E-state index contributed by atoms with van der Waals surface area (Å²) in [6.07, 6.45) is 0.00926. The van der Waals surface area contributed by atoms with Crippen LogP contribution in [-0.2, 0) is 0 Å². The topological polar surface area (TPSA) is 36.8 Å². The first kappa shape index (κ1) is 6.65. The van der Waals surface area contributed by atoms with Gasteiger partial charge in [0.2, 0.25) is 0 Å². The van der Waals surface area contributed by atoms with Crippen molar-refractivity contribution in [2.75, 3.05) is 13.1 Å². The van der Waals surface area contributed by atoms with E-state index in [2.05, 4.69) is 5.32 Å². The van der Waals surface area contributed by atoms with Gasteiger partial charge in [-0.2, -0.15) is 0 Å². The average molecular weight is 201 g/mol. The quantitative estimate of drug-likeness (QED) is 0.378. The molecule has 3 heteroatoms. The predicted molar refractivity (Wildman–Crippen MR) is 17.7 cm³/mol. The van der Waals surface area contributed by atoms with Gasteiger partial charge in [-0.15, -0.1) is 0 Å². The lowest BCUT2D eigenvalue weighted by Crippen LogP contribution is -3.00. The zero-order valence-electron chi connectivity index (χ0n) is 3.39. The molecule has 0 aliphatic carbocycles. The Bertz CT molecular complexity index is 37.8. The highest BCUT2D eigenvalue weighted by Crippen LogP contribution is 1.73. The van der Waals surface area contributed by atoms with E-state index in [0.717, 1.165) is 13.1 Å². The lowest BCUT2D eigenvalue weighted by atomic mass is 10.2. The van der Waals surface area contributed by atoms with Crippen molar-refractivity contribution in [3.05, 3.63) is 0 Å². The van der Waals surface area contributed by atoms with Crippen molar-refractivity contribution in [3.8, 4) is 0 Å². The monoisotopic (exact) mass is 201 g/mol. The number of nitrogens with two attached hydrogens (primary N) is 1. The molecule has 2 nitrogen and oxygen atoms in total. The molecule has 3 N–H and O–H groups in total. The Kier molecular flexibility index (Phi) is 3.06. The van der Waals surface area contributed by atoms with Crippen LogP contribution < -0.4 is 29.3 Å². The zero-order valence-corrected chi connectivity index (χ0v) is 5.55. The molecule has 0 spiro atoms. The van der Waals surface area contributed by atoms with E-state index in [0.29, 0.717) is 0 Å². The molecule has 1 rings (SSSR count). The van der Waals surface area contributed by atoms with Crippen LogP contribution >= 0.6 is 0 Å². The van der Waals surface area contributed by atoms with E-state index in [9.17, 15) is 0 Å². The van der Waals surface area contributed by atoms with Gasteiger partial charge in [-0.3, -0.25) is 0 Å². The fourth-order valence-electron chi connectivity index (χ4n) is 0.316. The first-order valence-corrected chi connectivity index (χ1v) is 1.89. The second kappa shape index (κ2) is 2.76. The number of halogens is 1. The molecular formula is C3H8INO. The van der Waals surface area contributed by atoms with Gasteiger partial charge >= 0.3 is 0 Å². The van der Waals surface area contributed by atoms with Crippen molar-refractivity contribution >= 4 is 0 Å². The standard InChI is InChI=1S/C3H7NO.HI/c5-3-1-4-2-3;/h3-5H,1-2H2;1H. The van der Waals surface area contributed by atoms with Crippen LogP contribution in [0.4, 0.5) is 0 Å². The number of quaternary nitrogens is 1. The summed E-state index contributed by atoms with van der Waals surface area (Å²) < 4.78 is 0. The van der Waals surface area contributed by atoms with Gasteiger partial charge in [0.1, 0.15) is 13.1 Å². The molecule has 1 aliphatic rings. The summed E-state index contributed by atoms with van der Waals surface area (Å²) >= 11 is 0. The molecule has 0 aromatic heterocycles. The maximum absolute atomic E-state index is 8.42. The highest BCUT2D eigenvalue weighted by molar-refractivity contribution is 4.52. The fraction of sp³-hybridized carbons (Fsp3) is 1.00. The minimum Gasteiger partial charge on any atom is -1.00 e. The average Bonchev–Trinajstić information content (AvgIpc) is 1.30. The number of aliphatic hydroxyl groups is 1. The minimum atomic E-state index is 0. The predicted octanol–water partition coefficient (Wildman–Crippen LogP) is -5.07. The van der Waals surface area contributed by atoms with Crippen LogP contribution in [-0.4, -0.2) is 24.3 Å². The third-order valence-corrected chi connectivity index (χ3v) is 0.877. The second-order valence-electron chi connectivity index (χ2n) is 1.41. The third-order valence-electron chi connectivity index (χ3n) is 0.877. The summed E-state index contributed by atoms with van der Waals surface area (Å²) in [5, 5.41) is 10.5. The molecule has 0 atom stereocenters. The first-order valence-electron chi connectivity index (χ1n) is 1.89. The van der Waals surface area contributed by atoms with E-state index in [1.54, 1.807) is 0 Å². The second-order valence-corrected chi connectivity index (χ2v) is 1.41. The van der Waals surface area contributed by atoms with Crippen LogP contribution in [0, 0.1) is 0 Å². The highest BCUT2D eigenvalue weighted by Gasteiger charge is 2.15. The van der Waals surface area contributed by atoms with Crippen LogP contribution in [0.15, 0.2) is 0 Å². The van der Waals surface area contributed by atoms with Crippen molar-refractivity contribution in [2.45, 2.75) is 6.10 Å². The first-order chi connectivity index (χ1) is 2.39. The number of hydrogen-bond donors (Lipinski definition) is 2. The van der Waals surface area contributed by atoms with E-state index >= 15 is 0 Å². The summed E-state index contributed by atoms with van der Waals surface area (Å²) in [4.78, 5) is 0. The lowest BCUT2D eigenvalue weighted by Gasteiger charge is -2.15. The summed E-state index contributed by atoms with van der Waals surface area (Å²) in [5.41, 5.74) is 0. The van der Waals surface area contributed by atoms with Crippen molar-refractivity contribution in [1.82, 2.24) is 0 Å². The molecule has 0 unspecified atom stereocenters. The lowest BCUT2D eigenvalue weighted by molar-refractivity contribution is -0.723. The summed E-state index contributed by atoms with van der Waals surface area (Å²) in [6, 6.07) is 0. The molecule has 1 heterocycles. The van der Waals surface area contributed by atoms with E-state index in [-0.39, 0.29) is 30.1 Å². The maximum Gasteiger partial charge on any atom is 0.151 e. The van der Waals surface area contributed by atoms with Crippen LogP contribution in [0.25, 0.3) is 0 Å².